The number of benzene rings is 2. The Balaban J connectivity index is 1.33. The van der Waals surface area contributed by atoms with E-state index < -0.39 is 11.9 Å². The summed E-state index contributed by atoms with van der Waals surface area (Å²) >= 11 is 0. The number of hydrogen-bond donors (Lipinski definition) is 1. The number of amides is 1. The number of ether oxygens (including phenoxy) is 1. The van der Waals surface area contributed by atoms with E-state index in [1.165, 1.54) is 12.1 Å². The minimum absolute atomic E-state index is 0.0229. The van der Waals surface area contributed by atoms with Crippen molar-refractivity contribution in [3.05, 3.63) is 77.4 Å². The van der Waals surface area contributed by atoms with Crippen molar-refractivity contribution in [1.82, 2.24) is 9.78 Å². The minimum Gasteiger partial charge on any atom is -0.455 e. The lowest BCUT2D eigenvalue weighted by Gasteiger charge is -2.08. The molecule has 1 saturated carbocycles. The predicted molar refractivity (Wildman–Crippen MR) is 110 cm³/mol. The van der Waals surface area contributed by atoms with Gasteiger partial charge in [-0.1, -0.05) is 30.3 Å². The molecule has 1 amide bonds. The van der Waals surface area contributed by atoms with Gasteiger partial charge in [-0.3, -0.25) is 9.59 Å². The van der Waals surface area contributed by atoms with Crippen LogP contribution in [0.5, 0.6) is 0 Å². The predicted octanol–water partition coefficient (Wildman–Crippen LogP) is 3.91. The summed E-state index contributed by atoms with van der Waals surface area (Å²) in [6, 6.07) is 15.7. The summed E-state index contributed by atoms with van der Waals surface area (Å²) in [4.78, 5) is 24.6. The van der Waals surface area contributed by atoms with Crippen molar-refractivity contribution in [1.29, 1.82) is 0 Å². The highest BCUT2D eigenvalue weighted by Gasteiger charge is 2.45. The summed E-state index contributed by atoms with van der Waals surface area (Å²) in [5.41, 5.74) is 3.87. The molecule has 0 bridgehead atoms. The standard InChI is InChI=1S/C23H22FN3O3/c1-14-22(15(2)27(26-14)18-6-4-3-5-7-18)25-21(28)13-30-23(29)20-12-19(20)16-8-10-17(24)11-9-16/h3-11,19-20H,12-13H2,1-2H3,(H,25,28). The summed E-state index contributed by atoms with van der Waals surface area (Å²) in [7, 11) is 0. The van der Waals surface area contributed by atoms with Crippen molar-refractivity contribution >= 4 is 17.6 Å². The molecule has 2 unspecified atom stereocenters. The molecule has 1 N–H and O–H groups in total. The molecule has 1 aliphatic rings. The lowest BCUT2D eigenvalue weighted by Crippen LogP contribution is -2.22. The number of aryl methyl sites for hydroxylation is 1. The molecule has 1 fully saturated rings. The number of carbonyl (C=O) groups is 2. The number of rotatable bonds is 6. The molecule has 154 valence electrons. The zero-order valence-electron chi connectivity index (χ0n) is 16.8. The van der Waals surface area contributed by atoms with Crippen molar-refractivity contribution in [2.24, 2.45) is 5.92 Å². The van der Waals surface area contributed by atoms with Gasteiger partial charge in [0.25, 0.3) is 5.91 Å². The highest BCUT2D eigenvalue weighted by atomic mass is 19.1. The monoisotopic (exact) mass is 407 g/mol. The number of nitrogens with zero attached hydrogens (tertiary/aromatic N) is 2. The van der Waals surface area contributed by atoms with Gasteiger partial charge in [0.15, 0.2) is 6.61 Å². The van der Waals surface area contributed by atoms with Gasteiger partial charge < -0.3 is 10.1 Å². The van der Waals surface area contributed by atoms with Gasteiger partial charge in [-0.25, -0.2) is 9.07 Å². The quantitative estimate of drug-likeness (QED) is 0.629. The molecule has 3 aromatic rings. The van der Waals surface area contributed by atoms with Crippen molar-refractivity contribution < 1.29 is 18.7 Å². The fraction of sp³-hybridized carbons (Fsp3) is 0.261. The van der Waals surface area contributed by atoms with Crippen LogP contribution in [-0.4, -0.2) is 28.3 Å². The van der Waals surface area contributed by atoms with E-state index >= 15 is 0 Å². The number of anilines is 1. The van der Waals surface area contributed by atoms with Gasteiger partial charge in [-0.2, -0.15) is 5.10 Å². The first-order valence-corrected chi connectivity index (χ1v) is 9.77. The third kappa shape index (κ3) is 4.10. The molecule has 4 rings (SSSR count). The SMILES string of the molecule is Cc1nn(-c2ccccc2)c(C)c1NC(=O)COC(=O)C1CC1c1ccc(F)cc1. The van der Waals surface area contributed by atoms with Crippen LogP contribution in [0.3, 0.4) is 0 Å². The first-order valence-electron chi connectivity index (χ1n) is 9.77. The second-order valence-corrected chi connectivity index (χ2v) is 7.45. The number of hydrogen-bond acceptors (Lipinski definition) is 4. The fourth-order valence-electron chi connectivity index (χ4n) is 3.60. The second kappa shape index (κ2) is 8.10. The molecule has 0 spiro atoms. The van der Waals surface area contributed by atoms with Crippen molar-refractivity contribution in [2.75, 3.05) is 11.9 Å². The third-order valence-electron chi connectivity index (χ3n) is 5.29. The summed E-state index contributed by atoms with van der Waals surface area (Å²) < 4.78 is 20.0. The molecule has 1 heterocycles. The number of aromatic nitrogens is 2. The third-order valence-corrected chi connectivity index (χ3v) is 5.29. The van der Waals surface area contributed by atoms with Gasteiger partial charge >= 0.3 is 5.97 Å². The Kier molecular flexibility index (Phi) is 5.35. The van der Waals surface area contributed by atoms with Gasteiger partial charge in [0.05, 0.1) is 28.7 Å². The number of para-hydroxylation sites is 1. The highest BCUT2D eigenvalue weighted by molar-refractivity contribution is 5.94. The van der Waals surface area contributed by atoms with E-state index in [0.29, 0.717) is 17.8 Å². The molecule has 0 saturated heterocycles. The van der Waals surface area contributed by atoms with Gasteiger partial charge in [0.2, 0.25) is 0 Å². The van der Waals surface area contributed by atoms with E-state index in [1.54, 1.807) is 16.8 Å². The maximum atomic E-state index is 13.0. The van der Waals surface area contributed by atoms with Crippen LogP contribution in [0.1, 0.15) is 29.3 Å². The molecule has 0 aliphatic heterocycles. The Labute approximate surface area is 173 Å². The summed E-state index contributed by atoms with van der Waals surface area (Å²) in [5, 5.41) is 7.28. The maximum Gasteiger partial charge on any atom is 0.310 e. The van der Waals surface area contributed by atoms with Crippen molar-refractivity contribution in [3.8, 4) is 5.69 Å². The van der Waals surface area contributed by atoms with Crippen LogP contribution in [0.2, 0.25) is 0 Å². The number of esters is 1. The summed E-state index contributed by atoms with van der Waals surface area (Å²) in [5.74, 6) is -1.40. The lowest BCUT2D eigenvalue weighted by molar-refractivity contribution is -0.148. The fourth-order valence-corrected chi connectivity index (χ4v) is 3.60. The summed E-state index contributed by atoms with van der Waals surface area (Å²) in [6.45, 7) is 3.32. The van der Waals surface area contributed by atoms with E-state index in [-0.39, 0.29) is 24.3 Å². The van der Waals surface area contributed by atoms with Crippen LogP contribution in [0, 0.1) is 25.6 Å². The largest absolute Gasteiger partial charge is 0.455 e. The smallest absolute Gasteiger partial charge is 0.310 e. The van der Waals surface area contributed by atoms with Crippen LogP contribution in [0.25, 0.3) is 5.69 Å². The van der Waals surface area contributed by atoms with Gasteiger partial charge in [0.1, 0.15) is 5.82 Å². The Morgan fingerprint density at radius 2 is 1.83 bits per heavy atom. The van der Waals surface area contributed by atoms with E-state index in [1.807, 2.05) is 44.2 Å². The van der Waals surface area contributed by atoms with E-state index in [2.05, 4.69) is 10.4 Å². The Morgan fingerprint density at radius 1 is 1.13 bits per heavy atom. The molecule has 2 atom stereocenters. The van der Waals surface area contributed by atoms with Crippen molar-refractivity contribution in [2.45, 2.75) is 26.2 Å². The van der Waals surface area contributed by atoms with E-state index in [0.717, 1.165) is 16.9 Å². The first kappa shape index (κ1) is 19.8. The average molecular weight is 407 g/mol. The zero-order chi connectivity index (χ0) is 21.3. The van der Waals surface area contributed by atoms with E-state index in [4.69, 9.17) is 4.74 Å². The number of halogens is 1. The molecule has 0 radical (unpaired) electrons. The van der Waals surface area contributed by atoms with Gasteiger partial charge in [0, 0.05) is 0 Å². The van der Waals surface area contributed by atoms with E-state index in [9.17, 15) is 14.0 Å². The van der Waals surface area contributed by atoms with Crippen LogP contribution in [0.15, 0.2) is 54.6 Å². The molecule has 2 aromatic carbocycles. The Hall–Kier alpha value is -3.48. The minimum atomic E-state index is -0.416. The first-order chi connectivity index (χ1) is 14.4. The van der Waals surface area contributed by atoms with Gasteiger partial charge in [-0.05, 0) is 56.0 Å². The van der Waals surface area contributed by atoms with Crippen LogP contribution in [-0.2, 0) is 14.3 Å². The Bertz CT molecular complexity index is 1080. The molecular formula is C23H22FN3O3. The Morgan fingerprint density at radius 3 is 2.53 bits per heavy atom. The number of nitrogens with one attached hydrogen (secondary N) is 1. The molecule has 1 aliphatic carbocycles. The lowest BCUT2D eigenvalue weighted by atomic mass is 10.1. The zero-order valence-corrected chi connectivity index (χ0v) is 16.8. The summed E-state index contributed by atoms with van der Waals surface area (Å²) in [6.07, 6.45) is 0.647. The number of carbonyl (C=O) groups excluding carboxylic acids is 2. The second-order valence-electron chi connectivity index (χ2n) is 7.45. The average Bonchev–Trinajstić information content (AvgIpc) is 3.50. The molecule has 6 nitrogen and oxygen atoms in total. The normalized spacial score (nSPS) is 17.4. The molecule has 7 heteroatoms. The van der Waals surface area contributed by atoms with Gasteiger partial charge in [-0.15, -0.1) is 0 Å². The molecule has 30 heavy (non-hydrogen) atoms. The highest BCUT2D eigenvalue weighted by Crippen LogP contribution is 2.48. The van der Waals surface area contributed by atoms with Crippen molar-refractivity contribution in [3.63, 3.8) is 0 Å². The molecular weight excluding hydrogens is 385 g/mol. The maximum absolute atomic E-state index is 13.0. The van der Waals surface area contributed by atoms with Crippen LogP contribution < -0.4 is 5.32 Å². The molecule has 1 aromatic heterocycles. The van der Waals surface area contributed by atoms with Crippen LogP contribution >= 0.6 is 0 Å². The van der Waals surface area contributed by atoms with Crippen LogP contribution in [0.4, 0.5) is 10.1 Å². The topological polar surface area (TPSA) is 73.2 Å².